The predicted molar refractivity (Wildman–Crippen MR) is 126 cm³/mol. The number of nitrogens with two attached hydrogens (primary N) is 1. The van der Waals surface area contributed by atoms with E-state index in [4.69, 9.17) is 24.7 Å². The smallest absolute Gasteiger partial charge is 0.262 e. The number of aliphatic hydroxyl groups is 1. The van der Waals surface area contributed by atoms with Gasteiger partial charge in [0.25, 0.3) is 11.8 Å². The first kappa shape index (κ1) is 23.0. The number of pyridine rings is 1. The number of amides is 2. The molecule has 5 rings (SSSR count). The highest BCUT2D eigenvalue weighted by Gasteiger charge is 2.49. The molecule has 1 aromatic carbocycles. The van der Waals surface area contributed by atoms with E-state index in [-0.39, 0.29) is 30.5 Å². The van der Waals surface area contributed by atoms with Crippen LogP contribution in [0.5, 0.6) is 0 Å². The van der Waals surface area contributed by atoms with Gasteiger partial charge >= 0.3 is 0 Å². The number of benzene rings is 1. The summed E-state index contributed by atoms with van der Waals surface area (Å²) in [5, 5.41) is 26.9. The number of nitrogens with zero attached hydrogens (tertiary/aromatic N) is 4. The Morgan fingerprint density at radius 1 is 1.31 bits per heavy atom. The maximum atomic E-state index is 13.3. The average Bonchev–Trinajstić information content (AvgIpc) is 3.51. The number of anilines is 3. The molecule has 36 heavy (non-hydrogen) atoms. The Morgan fingerprint density at radius 2 is 2.14 bits per heavy atom. The van der Waals surface area contributed by atoms with E-state index < -0.39 is 23.5 Å². The molecule has 1 saturated heterocycles. The average molecular weight is 488 g/mol. The van der Waals surface area contributed by atoms with Gasteiger partial charge in [-0.1, -0.05) is 5.16 Å². The molecule has 4 N–H and O–H groups in total. The fourth-order valence-electron chi connectivity index (χ4n) is 3.89. The molecule has 182 valence electrons. The number of nitrogen functional groups attached to an aromatic ring is 1. The number of carbonyl (C=O) groups is 2. The summed E-state index contributed by atoms with van der Waals surface area (Å²) in [6.07, 6.45) is -0.00718. The Bertz CT molecular complexity index is 1520. The number of fused-ring (bicyclic) bond motifs is 1. The van der Waals surface area contributed by atoms with E-state index >= 15 is 0 Å². The molecule has 1 fully saturated rings. The van der Waals surface area contributed by atoms with Crippen molar-refractivity contribution < 1.29 is 28.4 Å². The molecule has 1 aliphatic heterocycles. The molecule has 4 heterocycles. The first-order chi connectivity index (χ1) is 17.3. The molecule has 3 aromatic heterocycles. The van der Waals surface area contributed by atoms with E-state index in [2.05, 4.69) is 15.5 Å². The number of nitriles is 1. The Morgan fingerprint density at radius 3 is 2.94 bits per heavy atom. The molecular formula is C24H20N6O6. The molecule has 2 atom stereocenters. The number of aromatic nitrogens is 2. The van der Waals surface area contributed by atoms with Crippen LogP contribution in [-0.2, 0) is 14.3 Å². The molecular weight excluding hydrogens is 468 g/mol. The van der Waals surface area contributed by atoms with Gasteiger partial charge in [0, 0.05) is 29.6 Å². The van der Waals surface area contributed by atoms with Crippen molar-refractivity contribution in [3.8, 4) is 17.4 Å². The molecule has 12 heteroatoms. The van der Waals surface area contributed by atoms with E-state index in [9.17, 15) is 14.7 Å². The highest BCUT2D eigenvalue weighted by Crippen LogP contribution is 2.31. The molecule has 1 aliphatic rings. The Labute approximate surface area is 203 Å². The van der Waals surface area contributed by atoms with Crippen LogP contribution in [0.25, 0.3) is 22.3 Å². The Balaban J connectivity index is 1.34. The minimum absolute atomic E-state index is 0.0625. The number of nitrogens with one attached hydrogen (secondary N) is 1. The second-order valence-corrected chi connectivity index (χ2v) is 8.30. The van der Waals surface area contributed by atoms with E-state index in [1.165, 1.54) is 24.1 Å². The molecule has 0 aliphatic carbocycles. The highest BCUT2D eigenvalue weighted by molar-refractivity contribution is 6.06. The van der Waals surface area contributed by atoms with E-state index in [0.29, 0.717) is 28.0 Å². The van der Waals surface area contributed by atoms with Crippen LogP contribution in [0.2, 0.25) is 0 Å². The van der Waals surface area contributed by atoms with Crippen molar-refractivity contribution in [2.24, 2.45) is 0 Å². The van der Waals surface area contributed by atoms with Crippen molar-refractivity contribution in [2.75, 3.05) is 29.1 Å². The Hall–Kier alpha value is -4.73. The van der Waals surface area contributed by atoms with Gasteiger partial charge < -0.3 is 29.8 Å². The van der Waals surface area contributed by atoms with Crippen molar-refractivity contribution >= 4 is 40.2 Å². The second-order valence-electron chi connectivity index (χ2n) is 8.30. The number of furan rings is 1. The molecule has 0 bridgehead atoms. The van der Waals surface area contributed by atoms with Crippen molar-refractivity contribution in [3.63, 3.8) is 0 Å². The second kappa shape index (κ2) is 8.81. The van der Waals surface area contributed by atoms with Gasteiger partial charge in [0.15, 0.2) is 23.1 Å². The first-order valence-corrected chi connectivity index (χ1v) is 10.9. The van der Waals surface area contributed by atoms with Crippen molar-refractivity contribution in [2.45, 2.75) is 18.6 Å². The predicted octanol–water partition coefficient (Wildman–Crippen LogP) is 2.06. The van der Waals surface area contributed by atoms with Crippen LogP contribution < -0.4 is 16.0 Å². The lowest BCUT2D eigenvalue weighted by atomic mass is 9.95. The number of rotatable bonds is 5. The zero-order valence-corrected chi connectivity index (χ0v) is 19.0. The number of morpholine rings is 1. The fourth-order valence-corrected chi connectivity index (χ4v) is 3.89. The standard InChI is InChI=1S/C24H20N6O6/c1-24(33,23(32)28-14-2-3-16-18(11-14)36-29-21(16)26)20-22(31)30(8-9-34-20)19-5-4-17(35-19)13-6-7-27-15(10-13)12-25/h2-7,10-11,20,33H,8-9H2,1H3,(H2,26,29)(H,28,32)/t20-,24?/m0/s1. The summed E-state index contributed by atoms with van der Waals surface area (Å²) in [5.41, 5.74) is 4.99. The molecule has 0 spiro atoms. The largest absolute Gasteiger partial charge is 0.440 e. The van der Waals surface area contributed by atoms with Gasteiger partial charge in [-0.2, -0.15) is 5.26 Å². The molecule has 4 aromatic rings. The number of carbonyl (C=O) groups excluding carboxylic acids is 2. The summed E-state index contributed by atoms with van der Waals surface area (Å²) < 4.78 is 16.5. The van der Waals surface area contributed by atoms with E-state index in [1.54, 1.807) is 36.4 Å². The lowest BCUT2D eigenvalue weighted by molar-refractivity contribution is -0.165. The number of ether oxygens (including phenoxy) is 1. The van der Waals surface area contributed by atoms with Crippen molar-refractivity contribution in [1.29, 1.82) is 5.26 Å². The molecule has 0 saturated carbocycles. The Kier molecular flexibility index (Phi) is 5.63. The third kappa shape index (κ3) is 4.02. The number of hydrogen-bond donors (Lipinski definition) is 3. The van der Waals surface area contributed by atoms with Crippen LogP contribution in [0.4, 0.5) is 17.4 Å². The summed E-state index contributed by atoms with van der Waals surface area (Å²) in [6, 6.07) is 13.1. The minimum atomic E-state index is -2.21. The van der Waals surface area contributed by atoms with Crippen LogP contribution in [0, 0.1) is 11.3 Å². The summed E-state index contributed by atoms with van der Waals surface area (Å²) in [6.45, 7) is 1.42. The van der Waals surface area contributed by atoms with Crippen LogP contribution in [0.3, 0.4) is 0 Å². The summed E-state index contributed by atoms with van der Waals surface area (Å²) in [7, 11) is 0. The quantitative estimate of drug-likeness (QED) is 0.376. The topological polar surface area (TPSA) is 181 Å². The van der Waals surface area contributed by atoms with Gasteiger partial charge in [-0.3, -0.25) is 14.5 Å². The first-order valence-electron chi connectivity index (χ1n) is 10.9. The fraction of sp³-hybridized carbons (Fsp3) is 0.208. The van der Waals surface area contributed by atoms with Crippen molar-refractivity contribution in [3.05, 3.63) is 54.4 Å². The monoisotopic (exact) mass is 488 g/mol. The van der Waals surface area contributed by atoms with Gasteiger partial charge in [-0.05, 0) is 37.3 Å². The van der Waals surface area contributed by atoms with Gasteiger partial charge in [0.2, 0.25) is 5.88 Å². The lowest BCUT2D eigenvalue weighted by Gasteiger charge is -2.37. The zero-order chi connectivity index (χ0) is 25.4. The van der Waals surface area contributed by atoms with Crippen LogP contribution in [0.15, 0.2) is 57.6 Å². The summed E-state index contributed by atoms with van der Waals surface area (Å²) in [5.74, 6) is -0.647. The summed E-state index contributed by atoms with van der Waals surface area (Å²) >= 11 is 0. The summed E-state index contributed by atoms with van der Waals surface area (Å²) in [4.78, 5) is 31.5. The van der Waals surface area contributed by atoms with Crippen LogP contribution in [0.1, 0.15) is 12.6 Å². The normalized spacial score (nSPS) is 17.5. The third-order valence-corrected chi connectivity index (χ3v) is 5.83. The van der Waals surface area contributed by atoms with Crippen LogP contribution >= 0.6 is 0 Å². The lowest BCUT2D eigenvalue weighted by Crippen LogP contribution is -2.61. The maximum Gasteiger partial charge on any atom is 0.262 e. The van der Waals surface area contributed by atoms with Gasteiger partial charge in [-0.15, -0.1) is 0 Å². The van der Waals surface area contributed by atoms with E-state index in [1.807, 2.05) is 6.07 Å². The van der Waals surface area contributed by atoms with Gasteiger partial charge in [0.05, 0.1) is 18.5 Å². The molecule has 1 unspecified atom stereocenters. The molecule has 2 amide bonds. The van der Waals surface area contributed by atoms with Crippen LogP contribution in [-0.4, -0.2) is 51.9 Å². The van der Waals surface area contributed by atoms with Crippen molar-refractivity contribution in [1.82, 2.24) is 10.1 Å². The van der Waals surface area contributed by atoms with E-state index in [0.717, 1.165) is 0 Å². The maximum absolute atomic E-state index is 13.3. The van der Waals surface area contributed by atoms with Gasteiger partial charge in [-0.25, -0.2) is 4.98 Å². The van der Waals surface area contributed by atoms with Gasteiger partial charge in [0.1, 0.15) is 17.5 Å². The number of hydrogen-bond acceptors (Lipinski definition) is 10. The highest BCUT2D eigenvalue weighted by atomic mass is 16.5. The zero-order valence-electron chi connectivity index (χ0n) is 19.0. The SMILES string of the molecule is CC(O)(C(=O)Nc1ccc2c(N)noc2c1)[C@H]1OCCN(c2ccc(-c3ccnc(C#N)c3)o2)C1=O. The third-order valence-electron chi connectivity index (χ3n) is 5.83. The minimum Gasteiger partial charge on any atom is -0.440 e. The molecule has 12 nitrogen and oxygen atoms in total. The molecule has 0 radical (unpaired) electrons.